The van der Waals surface area contributed by atoms with Gasteiger partial charge in [-0.2, -0.15) is 0 Å². The molecule has 0 spiro atoms. The Hall–Kier alpha value is -2.19. The molecular weight excluding hydrogens is 360 g/mol. The van der Waals surface area contributed by atoms with E-state index in [2.05, 4.69) is 10.6 Å². The molecule has 0 radical (unpaired) electrons. The maximum Gasteiger partial charge on any atom is 0.243 e. The van der Waals surface area contributed by atoms with Crippen LogP contribution in [0.15, 0.2) is 23.8 Å². The van der Waals surface area contributed by atoms with E-state index in [1.54, 1.807) is 19.2 Å². The van der Waals surface area contributed by atoms with Gasteiger partial charge in [-0.05, 0) is 24.5 Å². The molecule has 1 unspecified atom stereocenters. The average Bonchev–Trinajstić information content (AvgIpc) is 3.01. The van der Waals surface area contributed by atoms with Crippen molar-refractivity contribution in [1.82, 2.24) is 15.5 Å². The van der Waals surface area contributed by atoms with Crippen LogP contribution in [0.25, 0.3) is 0 Å². The van der Waals surface area contributed by atoms with Gasteiger partial charge in [-0.3, -0.25) is 14.4 Å². The number of β-amino-alcohol motifs (C(OH)–C–C–N with tert-alkyl or cyclic N) is 1. The van der Waals surface area contributed by atoms with Gasteiger partial charge in [0.25, 0.3) is 0 Å². The first-order valence-electron chi connectivity index (χ1n) is 9.64. The highest BCUT2D eigenvalue weighted by atomic mass is 16.3. The van der Waals surface area contributed by atoms with Gasteiger partial charge in [0.1, 0.15) is 6.04 Å². The zero-order valence-electron chi connectivity index (χ0n) is 17.1. The van der Waals surface area contributed by atoms with Crippen molar-refractivity contribution in [2.45, 2.75) is 51.8 Å². The molecule has 0 bridgehead atoms. The van der Waals surface area contributed by atoms with E-state index in [-0.39, 0.29) is 42.0 Å². The van der Waals surface area contributed by atoms with Crippen LogP contribution in [0.3, 0.4) is 0 Å². The van der Waals surface area contributed by atoms with Crippen molar-refractivity contribution in [3.63, 3.8) is 0 Å². The molecular formula is C20H32N4O4. The Labute approximate surface area is 166 Å². The second kappa shape index (κ2) is 8.87. The number of carbonyl (C=O) groups excluding carboxylic acids is 3. The standard InChI is InChI=1S/C20H32N4O4/c1-20(2,3)16(22-4)19(28)24-11-14(25)9-15(24)18(27)23-10-12-5-7-13(8-6-12)17(21)26/h5-7,13-16,22,25H,8-11H2,1-4H3,(H2,21,26)(H,23,27)/t13?,14-,15+,16-/m1/s1. The summed E-state index contributed by atoms with van der Waals surface area (Å²) in [5.41, 5.74) is 5.84. The molecule has 8 heteroatoms. The molecule has 1 aliphatic heterocycles. The lowest BCUT2D eigenvalue weighted by atomic mass is 9.86. The summed E-state index contributed by atoms with van der Waals surface area (Å²) in [6, 6.07) is -1.16. The van der Waals surface area contributed by atoms with Gasteiger partial charge < -0.3 is 26.4 Å². The number of nitrogens with zero attached hydrogens (tertiary/aromatic N) is 1. The summed E-state index contributed by atoms with van der Waals surface area (Å²) in [5, 5.41) is 15.9. The number of aliphatic hydroxyl groups is 1. The van der Waals surface area contributed by atoms with E-state index < -0.39 is 18.2 Å². The average molecular weight is 393 g/mol. The maximum atomic E-state index is 13.0. The predicted octanol–water partition coefficient (Wildman–Crippen LogP) is -0.314. The quantitative estimate of drug-likeness (QED) is 0.493. The number of nitrogens with one attached hydrogen (secondary N) is 2. The third-order valence-corrected chi connectivity index (χ3v) is 5.28. The number of hydrogen-bond donors (Lipinski definition) is 4. The van der Waals surface area contributed by atoms with Crippen LogP contribution in [0.5, 0.6) is 0 Å². The van der Waals surface area contributed by atoms with E-state index in [0.717, 1.165) is 5.57 Å². The fourth-order valence-corrected chi connectivity index (χ4v) is 3.71. The van der Waals surface area contributed by atoms with E-state index in [9.17, 15) is 19.5 Å². The summed E-state index contributed by atoms with van der Waals surface area (Å²) in [4.78, 5) is 38.4. The Bertz CT molecular complexity index is 680. The van der Waals surface area contributed by atoms with Crippen molar-refractivity contribution >= 4 is 17.7 Å². The van der Waals surface area contributed by atoms with Gasteiger partial charge in [0, 0.05) is 19.5 Å². The first kappa shape index (κ1) is 22.1. The van der Waals surface area contributed by atoms with Crippen molar-refractivity contribution in [3.8, 4) is 0 Å². The predicted molar refractivity (Wildman–Crippen MR) is 106 cm³/mol. The zero-order chi connectivity index (χ0) is 21.1. The fourth-order valence-electron chi connectivity index (χ4n) is 3.71. The molecule has 4 atom stereocenters. The van der Waals surface area contributed by atoms with E-state index in [4.69, 9.17) is 5.73 Å². The van der Waals surface area contributed by atoms with Crippen molar-refractivity contribution in [3.05, 3.63) is 23.8 Å². The molecule has 0 saturated carbocycles. The highest BCUT2D eigenvalue weighted by molar-refractivity contribution is 5.91. The summed E-state index contributed by atoms with van der Waals surface area (Å²) in [6.07, 6.45) is 5.40. The third kappa shape index (κ3) is 5.20. The Morgan fingerprint density at radius 2 is 2.04 bits per heavy atom. The molecule has 8 nitrogen and oxygen atoms in total. The summed E-state index contributed by atoms with van der Waals surface area (Å²) in [6.45, 7) is 6.30. The normalized spacial score (nSPS) is 26.0. The third-order valence-electron chi connectivity index (χ3n) is 5.28. The molecule has 1 heterocycles. The minimum absolute atomic E-state index is 0.147. The number of hydrogen-bond acceptors (Lipinski definition) is 5. The zero-order valence-corrected chi connectivity index (χ0v) is 17.1. The van der Waals surface area contributed by atoms with Gasteiger partial charge in [0.05, 0.1) is 18.1 Å². The molecule has 0 aromatic carbocycles. The molecule has 5 N–H and O–H groups in total. The minimum Gasteiger partial charge on any atom is -0.391 e. The number of aliphatic hydroxyl groups excluding tert-OH is 1. The molecule has 2 rings (SSSR count). The van der Waals surface area contributed by atoms with Crippen LogP contribution < -0.4 is 16.4 Å². The number of rotatable bonds is 6. The van der Waals surface area contributed by atoms with Gasteiger partial charge >= 0.3 is 0 Å². The molecule has 1 fully saturated rings. The number of carbonyl (C=O) groups is 3. The lowest BCUT2D eigenvalue weighted by Crippen LogP contribution is -2.56. The maximum absolute atomic E-state index is 13.0. The van der Waals surface area contributed by atoms with Crippen LogP contribution in [0.4, 0.5) is 0 Å². The fraction of sp³-hybridized carbons (Fsp3) is 0.650. The molecule has 1 aliphatic carbocycles. The highest BCUT2D eigenvalue weighted by Gasteiger charge is 2.43. The van der Waals surface area contributed by atoms with Crippen molar-refractivity contribution < 1.29 is 19.5 Å². The first-order valence-corrected chi connectivity index (χ1v) is 9.64. The minimum atomic E-state index is -0.720. The van der Waals surface area contributed by atoms with E-state index >= 15 is 0 Å². The van der Waals surface area contributed by atoms with Crippen LogP contribution in [-0.2, 0) is 14.4 Å². The van der Waals surface area contributed by atoms with Crippen LogP contribution in [0.1, 0.15) is 33.6 Å². The summed E-state index contributed by atoms with van der Waals surface area (Å²) in [7, 11) is 1.72. The smallest absolute Gasteiger partial charge is 0.243 e. The number of nitrogens with two attached hydrogens (primary N) is 1. The second-order valence-corrected chi connectivity index (χ2v) is 8.58. The topological polar surface area (TPSA) is 125 Å². The molecule has 28 heavy (non-hydrogen) atoms. The molecule has 3 amide bonds. The molecule has 0 aromatic heterocycles. The van der Waals surface area contributed by atoms with E-state index in [1.165, 1.54) is 4.90 Å². The lowest BCUT2D eigenvalue weighted by molar-refractivity contribution is -0.142. The number of likely N-dealkylation sites (tertiary alicyclic amines) is 1. The Kier molecular flexibility index (Phi) is 7.01. The first-order chi connectivity index (χ1) is 13.0. The van der Waals surface area contributed by atoms with Gasteiger partial charge in [-0.15, -0.1) is 0 Å². The summed E-state index contributed by atoms with van der Waals surface area (Å²) < 4.78 is 0. The largest absolute Gasteiger partial charge is 0.391 e. The van der Waals surface area contributed by atoms with E-state index in [1.807, 2.05) is 26.8 Å². The Morgan fingerprint density at radius 1 is 1.36 bits per heavy atom. The van der Waals surface area contributed by atoms with E-state index in [0.29, 0.717) is 13.0 Å². The monoisotopic (exact) mass is 392 g/mol. The van der Waals surface area contributed by atoms with Crippen molar-refractivity contribution in [2.75, 3.05) is 20.1 Å². The van der Waals surface area contributed by atoms with Crippen LogP contribution in [-0.4, -0.2) is 66.1 Å². The van der Waals surface area contributed by atoms with Crippen LogP contribution in [0.2, 0.25) is 0 Å². The Balaban J connectivity index is 2.00. The molecule has 156 valence electrons. The molecule has 0 aromatic rings. The number of likely N-dealkylation sites (N-methyl/N-ethyl adjacent to an activating group) is 1. The number of primary amides is 1. The Morgan fingerprint density at radius 3 is 2.54 bits per heavy atom. The highest BCUT2D eigenvalue weighted by Crippen LogP contribution is 2.26. The number of amides is 3. The van der Waals surface area contributed by atoms with Crippen LogP contribution >= 0.6 is 0 Å². The second-order valence-electron chi connectivity index (χ2n) is 8.58. The van der Waals surface area contributed by atoms with Crippen LogP contribution in [0, 0.1) is 11.3 Å². The van der Waals surface area contributed by atoms with Gasteiger partial charge in [-0.1, -0.05) is 39.0 Å². The van der Waals surface area contributed by atoms with Crippen molar-refractivity contribution in [2.24, 2.45) is 17.1 Å². The summed E-state index contributed by atoms with van der Waals surface area (Å²) >= 11 is 0. The lowest BCUT2D eigenvalue weighted by Gasteiger charge is -2.34. The van der Waals surface area contributed by atoms with Gasteiger partial charge in [0.15, 0.2) is 0 Å². The molecule has 1 saturated heterocycles. The molecule has 2 aliphatic rings. The van der Waals surface area contributed by atoms with Crippen molar-refractivity contribution in [1.29, 1.82) is 0 Å². The van der Waals surface area contributed by atoms with Gasteiger partial charge in [-0.25, -0.2) is 0 Å². The van der Waals surface area contributed by atoms with Gasteiger partial charge in [0.2, 0.25) is 17.7 Å². The SMILES string of the molecule is CN[C@H](C(=O)N1C[C@H](O)C[C@H]1C(=O)NCC1=CCC(C(N)=O)C=C1)C(C)(C)C. The number of allylic oxidation sites excluding steroid dienone is 1. The summed E-state index contributed by atoms with van der Waals surface area (Å²) in [5.74, 6) is -1.16.